The predicted octanol–water partition coefficient (Wildman–Crippen LogP) is 2.57. The fourth-order valence-electron chi connectivity index (χ4n) is 2.87. The number of carbonyl (C=O) groups excluding carboxylic acids is 2. The topological polar surface area (TPSA) is 80.3 Å². The summed E-state index contributed by atoms with van der Waals surface area (Å²) in [6.45, 7) is 5.98. The molecule has 26 heavy (non-hydrogen) atoms. The number of esters is 1. The van der Waals surface area contributed by atoms with Crippen LogP contribution in [0.5, 0.6) is 0 Å². The van der Waals surface area contributed by atoms with Crippen molar-refractivity contribution in [2.24, 2.45) is 5.92 Å². The third-order valence-electron chi connectivity index (χ3n) is 4.89. The number of nitrogens with zero attached hydrogens (tertiary/aromatic N) is 1. The van der Waals surface area contributed by atoms with Gasteiger partial charge in [-0.3, -0.25) is 15.1 Å². The molecule has 6 heteroatoms. The lowest BCUT2D eigenvalue weighted by atomic mass is 9.89. The van der Waals surface area contributed by atoms with Crippen LogP contribution in [0.25, 0.3) is 0 Å². The van der Waals surface area contributed by atoms with E-state index < -0.39 is 17.7 Å². The quantitative estimate of drug-likeness (QED) is 0.808. The van der Waals surface area contributed by atoms with Crippen LogP contribution in [0.1, 0.15) is 48.6 Å². The highest BCUT2D eigenvalue weighted by Crippen LogP contribution is 2.28. The second kappa shape index (κ2) is 7.25. The molecule has 1 aliphatic heterocycles. The van der Waals surface area contributed by atoms with Crippen molar-refractivity contribution in [1.82, 2.24) is 15.6 Å². The van der Waals surface area contributed by atoms with Crippen LogP contribution >= 0.6 is 0 Å². The van der Waals surface area contributed by atoms with Crippen LogP contribution in [0, 0.1) is 5.92 Å². The molecule has 6 nitrogen and oxygen atoms in total. The van der Waals surface area contributed by atoms with Gasteiger partial charge in [-0.2, -0.15) is 0 Å². The average molecular weight is 353 g/mol. The molecule has 1 aliphatic rings. The van der Waals surface area contributed by atoms with E-state index in [-0.39, 0.29) is 18.4 Å². The van der Waals surface area contributed by atoms with Gasteiger partial charge in [0.25, 0.3) is 0 Å². The van der Waals surface area contributed by atoms with Gasteiger partial charge >= 0.3 is 5.97 Å². The second-order valence-electron chi connectivity index (χ2n) is 6.91. The van der Waals surface area contributed by atoms with Crippen molar-refractivity contribution in [3.05, 3.63) is 65.5 Å². The fraction of sp³-hybridized carbons (Fsp3) is 0.350. The Kier molecular flexibility index (Phi) is 5.04. The van der Waals surface area contributed by atoms with Crippen molar-refractivity contribution in [1.29, 1.82) is 0 Å². The molecule has 0 spiro atoms. The molecule has 2 atom stereocenters. The van der Waals surface area contributed by atoms with Crippen LogP contribution in [-0.2, 0) is 16.1 Å². The minimum Gasteiger partial charge on any atom is -0.457 e. The Morgan fingerprint density at radius 3 is 2.62 bits per heavy atom. The summed E-state index contributed by atoms with van der Waals surface area (Å²) in [5.41, 5.74) is 0.997. The highest BCUT2D eigenvalue weighted by Gasteiger charge is 2.46. The number of benzene rings is 1. The van der Waals surface area contributed by atoms with E-state index in [1.54, 1.807) is 18.3 Å². The monoisotopic (exact) mass is 353 g/mol. The minimum atomic E-state index is -0.715. The highest BCUT2D eigenvalue weighted by molar-refractivity contribution is 5.92. The van der Waals surface area contributed by atoms with Crippen molar-refractivity contribution in [2.75, 3.05) is 0 Å². The van der Waals surface area contributed by atoms with Gasteiger partial charge in [-0.1, -0.05) is 44.2 Å². The maximum absolute atomic E-state index is 12.6. The first-order chi connectivity index (χ1) is 12.4. The molecule has 1 aromatic carbocycles. The van der Waals surface area contributed by atoms with E-state index >= 15 is 0 Å². The van der Waals surface area contributed by atoms with Gasteiger partial charge in [0.15, 0.2) is 0 Å². The lowest BCUT2D eigenvalue weighted by molar-refractivity contribution is -0.125. The van der Waals surface area contributed by atoms with Crippen molar-refractivity contribution >= 4 is 11.9 Å². The normalized spacial score (nSPS) is 22.3. The van der Waals surface area contributed by atoms with Gasteiger partial charge in [0.1, 0.15) is 12.8 Å². The first kappa shape index (κ1) is 18.1. The first-order valence-electron chi connectivity index (χ1n) is 8.66. The first-order valence-corrected chi connectivity index (χ1v) is 8.66. The summed E-state index contributed by atoms with van der Waals surface area (Å²) in [4.78, 5) is 29.3. The molecule has 0 saturated carbocycles. The van der Waals surface area contributed by atoms with Crippen molar-refractivity contribution < 1.29 is 14.3 Å². The molecule has 0 aliphatic carbocycles. The number of rotatable bonds is 5. The fourth-order valence-corrected chi connectivity index (χ4v) is 2.87. The maximum Gasteiger partial charge on any atom is 0.340 e. The summed E-state index contributed by atoms with van der Waals surface area (Å²) in [5, 5.41) is 6.16. The molecular weight excluding hydrogens is 330 g/mol. The van der Waals surface area contributed by atoms with Crippen LogP contribution in [0.4, 0.5) is 0 Å². The number of nitrogens with one attached hydrogen (secondary N) is 2. The third kappa shape index (κ3) is 3.46. The van der Waals surface area contributed by atoms with E-state index in [0.717, 1.165) is 5.56 Å². The van der Waals surface area contributed by atoms with E-state index in [1.165, 1.54) is 0 Å². The Balaban J connectivity index is 1.78. The van der Waals surface area contributed by atoms with Crippen LogP contribution in [-0.4, -0.2) is 22.4 Å². The number of amides is 1. The Morgan fingerprint density at radius 1 is 1.23 bits per heavy atom. The Hall–Kier alpha value is -2.73. The number of hydrogen-bond acceptors (Lipinski definition) is 5. The zero-order valence-electron chi connectivity index (χ0n) is 15.2. The average Bonchev–Trinajstić information content (AvgIpc) is 2.97. The molecule has 1 aromatic heterocycles. The SMILES string of the molecule is CC(C)C1(C)NC(c2ncccc2C(=O)OCc2ccccc2)NC1=O. The number of carbonyl (C=O) groups is 2. The third-order valence-corrected chi connectivity index (χ3v) is 4.89. The van der Waals surface area contributed by atoms with Crippen molar-refractivity contribution in [2.45, 2.75) is 39.1 Å². The minimum absolute atomic E-state index is 0.0877. The highest BCUT2D eigenvalue weighted by atomic mass is 16.5. The van der Waals surface area contributed by atoms with Gasteiger partial charge in [-0.15, -0.1) is 0 Å². The van der Waals surface area contributed by atoms with E-state index in [9.17, 15) is 9.59 Å². The summed E-state index contributed by atoms with van der Waals surface area (Å²) >= 11 is 0. The standard InChI is InChI=1S/C20H23N3O3/c1-13(2)20(3)19(25)22-17(23-20)16-15(10-7-11-21-16)18(24)26-12-14-8-5-4-6-9-14/h4-11,13,17,23H,12H2,1-3H3,(H,22,25). The van der Waals surface area contributed by atoms with Gasteiger partial charge in [-0.25, -0.2) is 4.79 Å². The molecule has 2 N–H and O–H groups in total. The number of pyridine rings is 1. The zero-order chi connectivity index (χ0) is 18.7. The maximum atomic E-state index is 12.6. The molecule has 2 unspecified atom stereocenters. The molecule has 136 valence electrons. The molecule has 2 heterocycles. The van der Waals surface area contributed by atoms with Gasteiger partial charge in [-0.05, 0) is 30.5 Å². The Bertz CT molecular complexity index is 807. The molecule has 3 rings (SSSR count). The summed E-state index contributed by atoms with van der Waals surface area (Å²) < 4.78 is 5.42. The lowest BCUT2D eigenvalue weighted by Crippen LogP contribution is -2.48. The molecule has 1 fully saturated rings. The summed E-state index contributed by atoms with van der Waals surface area (Å²) in [6, 6.07) is 12.8. The molecule has 1 saturated heterocycles. The van der Waals surface area contributed by atoms with E-state index in [2.05, 4.69) is 15.6 Å². The van der Waals surface area contributed by atoms with Crippen molar-refractivity contribution in [3.63, 3.8) is 0 Å². The summed E-state index contributed by atoms with van der Waals surface area (Å²) in [6.07, 6.45) is 1.07. The van der Waals surface area contributed by atoms with E-state index in [4.69, 9.17) is 4.74 Å². The number of aromatic nitrogens is 1. The molecule has 0 radical (unpaired) electrons. The largest absolute Gasteiger partial charge is 0.457 e. The van der Waals surface area contributed by atoms with Gasteiger partial charge in [0.05, 0.1) is 16.8 Å². The van der Waals surface area contributed by atoms with E-state index in [1.807, 2.05) is 51.1 Å². The predicted molar refractivity (Wildman–Crippen MR) is 97.1 cm³/mol. The summed E-state index contributed by atoms with van der Waals surface area (Å²) in [5.74, 6) is -0.484. The van der Waals surface area contributed by atoms with Crippen LogP contribution in [0.3, 0.4) is 0 Å². The smallest absolute Gasteiger partial charge is 0.340 e. The van der Waals surface area contributed by atoms with Crippen LogP contribution in [0.2, 0.25) is 0 Å². The Morgan fingerprint density at radius 2 is 1.96 bits per heavy atom. The molecule has 1 amide bonds. The van der Waals surface area contributed by atoms with Crippen LogP contribution < -0.4 is 10.6 Å². The zero-order valence-corrected chi connectivity index (χ0v) is 15.2. The van der Waals surface area contributed by atoms with Crippen LogP contribution in [0.15, 0.2) is 48.7 Å². The molecule has 2 aromatic rings. The summed E-state index contributed by atoms with van der Waals surface area (Å²) in [7, 11) is 0. The number of hydrogen-bond donors (Lipinski definition) is 2. The van der Waals surface area contributed by atoms with E-state index in [0.29, 0.717) is 11.3 Å². The lowest BCUT2D eigenvalue weighted by Gasteiger charge is -2.26. The van der Waals surface area contributed by atoms with Gasteiger partial charge in [0, 0.05) is 6.20 Å². The second-order valence-corrected chi connectivity index (χ2v) is 6.91. The van der Waals surface area contributed by atoms with Gasteiger partial charge < -0.3 is 10.1 Å². The Labute approximate surface area is 153 Å². The number of ether oxygens (including phenoxy) is 1. The molecular formula is C20H23N3O3. The van der Waals surface area contributed by atoms with Gasteiger partial charge in [0.2, 0.25) is 5.91 Å². The molecule has 0 bridgehead atoms. The van der Waals surface area contributed by atoms with Crippen molar-refractivity contribution in [3.8, 4) is 0 Å².